The molecule has 0 radical (unpaired) electrons. The van der Waals surface area contributed by atoms with E-state index in [4.69, 9.17) is 10.4 Å². The van der Waals surface area contributed by atoms with Crippen molar-refractivity contribution in [1.29, 1.82) is 5.26 Å². The summed E-state index contributed by atoms with van der Waals surface area (Å²) in [6.45, 7) is 1.71. The Morgan fingerprint density at radius 2 is 1.78 bits per heavy atom. The van der Waals surface area contributed by atoms with Crippen LogP contribution in [0.25, 0.3) is 0 Å². The first-order valence-electron chi connectivity index (χ1n) is 6.65. The van der Waals surface area contributed by atoms with Crippen LogP contribution < -0.4 is 0 Å². The molecule has 0 aliphatic carbocycles. The van der Waals surface area contributed by atoms with Gasteiger partial charge in [-0.1, -0.05) is 47.1 Å². The predicted molar refractivity (Wildman–Crippen MR) is 84.0 cm³/mol. The summed E-state index contributed by atoms with van der Waals surface area (Å²) in [7, 11) is -4.08. The fourth-order valence-electron chi connectivity index (χ4n) is 1.74. The lowest BCUT2D eigenvalue weighted by molar-refractivity contribution is 0.282. The lowest BCUT2D eigenvalue weighted by atomic mass is 10.1. The molecule has 6 nitrogen and oxygen atoms in total. The summed E-state index contributed by atoms with van der Waals surface area (Å²) in [4.78, 5) is -0.0419. The molecule has 0 atom stereocenters. The van der Waals surface area contributed by atoms with Crippen LogP contribution in [0.15, 0.2) is 58.6 Å². The van der Waals surface area contributed by atoms with Crippen LogP contribution in [0.4, 0.5) is 0 Å². The molecular weight excluding hydrogens is 316 g/mol. The number of oxime groups is 1. The van der Waals surface area contributed by atoms with E-state index in [1.807, 2.05) is 6.92 Å². The Bertz CT molecular complexity index is 848. The first-order chi connectivity index (χ1) is 11.0. The second-order valence-corrected chi connectivity index (χ2v) is 6.28. The largest absolute Gasteiger partial charge is 0.392 e. The Kier molecular flexibility index (Phi) is 5.11. The van der Waals surface area contributed by atoms with Gasteiger partial charge in [-0.3, -0.25) is 4.28 Å². The minimum Gasteiger partial charge on any atom is -0.392 e. The quantitative estimate of drug-likeness (QED) is 0.668. The van der Waals surface area contributed by atoms with Gasteiger partial charge in [0.25, 0.3) is 0 Å². The molecule has 0 fully saturated rings. The highest BCUT2D eigenvalue weighted by atomic mass is 32.2. The molecule has 7 heteroatoms. The molecule has 23 heavy (non-hydrogen) atoms. The maximum absolute atomic E-state index is 12.0. The summed E-state index contributed by atoms with van der Waals surface area (Å²) in [6, 6.07) is 14.2. The van der Waals surface area contributed by atoms with Gasteiger partial charge in [0.05, 0.1) is 6.61 Å². The zero-order valence-electron chi connectivity index (χ0n) is 12.3. The molecule has 0 unspecified atom stereocenters. The van der Waals surface area contributed by atoms with Crippen molar-refractivity contribution in [1.82, 2.24) is 0 Å². The van der Waals surface area contributed by atoms with E-state index < -0.39 is 10.1 Å². The number of hydrogen-bond donors (Lipinski definition) is 1. The smallest absolute Gasteiger partial charge is 0.358 e. The van der Waals surface area contributed by atoms with Crippen molar-refractivity contribution in [3.8, 4) is 6.07 Å². The Hall–Kier alpha value is -2.69. The number of benzene rings is 2. The first kappa shape index (κ1) is 16.7. The summed E-state index contributed by atoms with van der Waals surface area (Å²) in [6.07, 6.45) is 0. The van der Waals surface area contributed by atoms with Gasteiger partial charge in [0.2, 0.25) is 0 Å². The van der Waals surface area contributed by atoms with E-state index in [1.54, 1.807) is 42.5 Å². The molecule has 0 amide bonds. The molecule has 2 rings (SSSR count). The van der Waals surface area contributed by atoms with Crippen molar-refractivity contribution in [2.75, 3.05) is 0 Å². The van der Waals surface area contributed by atoms with Gasteiger partial charge in [0.15, 0.2) is 5.71 Å². The molecule has 2 aromatic rings. The maximum atomic E-state index is 12.0. The van der Waals surface area contributed by atoms with E-state index in [1.165, 1.54) is 12.1 Å². The van der Waals surface area contributed by atoms with Gasteiger partial charge >= 0.3 is 10.1 Å². The normalized spacial score (nSPS) is 11.8. The third-order valence-corrected chi connectivity index (χ3v) is 4.17. The Morgan fingerprint density at radius 1 is 1.17 bits per heavy atom. The number of aryl methyl sites for hydroxylation is 1. The van der Waals surface area contributed by atoms with Gasteiger partial charge in [0.1, 0.15) is 11.0 Å². The third kappa shape index (κ3) is 4.16. The van der Waals surface area contributed by atoms with E-state index in [0.29, 0.717) is 11.1 Å². The minimum absolute atomic E-state index is 0.0419. The molecular formula is C16H14N2O4S. The lowest BCUT2D eigenvalue weighted by Crippen LogP contribution is -2.06. The van der Waals surface area contributed by atoms with Crippen LogP contribution in [0, 0.1) is 18.3 Å². The Balaban J connectivity index is 2.24. The molecule has 118 valence electrons. The summed E-state index contributed by atoms with van der Waals surface area (Å²) in [5.74, 6) is 0. The summed E-state index contributed by atoms with van der Waals surface area (Å²) >= 11 is 0. The highest BCUT2D eigenvalue weighted by Gasteiger charge is 2.16. The van der Waals surface area contributed by atoms with E-state index >= 15 is 0 Å². The van der Waals surface area contributed by atoms with Gasteiger partial charge in [-0.05, 0) is 24.6 Å². The third-order valence-electron chi connectivity index (χ3n) is 3.05. The molecule has 0 aliphatic heterocycles. The first-order valence-corrected chi connectivity index (χ1v) is 8.05. The van der Waals surface area contributed by atoms with E-state index in [-0.39, 0.29) is 17.2 Å². The molecule has 0 saturated heterocycles. The molecule has 2 aromatic carbocycles. The molecule has 0 spiro atoms. The molecule has 0 aromatic heterocycles. The fraction of sp³-hybridized carbons (Fsp3) is 0.125. The molecule has 0 bridgehead atoms. The highest BCUT2D eigenvalue weighted by molar-refractivity contribution is 7.86. The van der Waals surface area contributed by atoms with Crippen LogP contribution in [-0.4, -0.2) is 19.2 Å². The van der Waals surface area contributed by atoms with Crippen LogP contribution in [0.1, 0.15) is 16.7 Å². The van der Waals surface area contributed by atoms with Crippen LogP contribution in [-0.2, 0) is 21.0 Å². The van der Waals surface area contributed by atoms with Gasteiger partial charge in [-0.2, -0.15) is 13.7 Å². The second kappa shape index (κ2) is 7.05. The number of hydrogen-bond acceptors (Lipinski definition) is 6. The lowest BCUT2D eigenvalue weighted by Gasteiger charge is -2.03. The van der Waals surface area contributed by atoms with Crippen molar-refractivity contribution in [3.63, 3.8) is 0 Å². The maximum Gasteiger partial charge on any atom is 0.358 e. The van der Waals surface area contributed by atoms with Crippen LogP contribution in [0.2, 0.25) is 0 Å². The molecule has 0 heterocycles. The molecule has 0 saturated carbocycles. The highest BCUT2D eigenvalue weighted by Crippen LogP contribution is 2.14. The fourth-order valence-corrected chi connectivity index (χ4v) is 2.47. The average molecular weight is 330 g/mol. The van der Waals surface area contributed by atoms with E-state index in [0.717, 1.165) is 5.56 Å². The SMILES string of the molecule is Cc1ccc(S(=O)(=O)O/N=C(\C#N)c2ccc(CO)cc2)cc1. The van der Waals surface area contributed by atoms with Gasteiger partial charge in [-0.15, -0.1) is 0 Å². The van der Waals surface area contributed by atoms with Crippen molar-refractivity contribution < 1.29 is 17.8 Å². The zero-order chi connectivity index (χ0) is 16.9. The number of aliphatic hydroxyl groups excluding tert-OH is 1. The standard InChI is InChI=1S/C16H14N2O4S/c1-12-2-8-15(9-3-12)23(20,21)22-18-16(10-17)14-6-4-13(11-19)5-7-14/h2-9,19H,11H2,1H3/b18-16+. The Labute approximate surface area is 134 Å². The zero-order valence-corrected chi connectivity index (χ0v) is 13.1. The van der Waals surface area contributed by atoms with Gasteiger partial charge < -0.3 is 5.11 Å². The summed E-state index contributed by atoms with van der Waals surface area (Å²) < 4.78 is 28.7. The number of rotatable bonds is 5. The summed E-state index contributed by atoms with van der Waals surface area (Å²) in [5.41, 5.74) is 1.79. The number of nitrogens with zero attached hydrogens (tertiary/aromatic N) is 2. The second-order valence-electron chi connectivity index (χ2n) is 4.75. The van der Waals surface area contributed by atoms with Crippen LogP contribution in [0.3, 0.4) is 0 Å². The molecule has 1 N–H and O–H groups in total. The summed E-state index contributed by atoms with van der Waals surface area (Å²) in [5, 5.41) is 21.5. The van der Waals surface area contributed by atoms with Crippen molar-refractivity contribution in [3.05, 3.63) is 65.2 Å². The monoisotopic (exact) mass is 330 g/mol. The topological polar surface area (TPSA) is 99.8 Å². The van der Waals surface area contributed by atoms with Gasteiger partial charge in [0, 0.05) is 5.56 Å². The van der Waals surface area contributed by atoms with Crippen LogP contribution in [0.5, 0.6) is 0 Å². The van der Waals surface area contributed by atoms with Crippen molar-refractivity contribution in [2.45, 2.75) is 18.4 Å². The van der Waals surface area contributed by atoms with Gasteiger partial charge in [-0.25, -0.2) is 0 Å². The van der Waals surface area contributed by atoms with Crippen LogP contribution >= 0.6 is 0 Å². The van der Waals surface area contributed by atoms with Crippen molar-refractivity contribution in [2.24, 2.45) is 5.16 Å². The molecule has 0 aliphatic rings. The predicted octanol–water partition coefficient (Wildman–Crippen LogP) is 2.12. The Morgan fingerprint density at radius 3 is 2.30 bits per heavy atom. The van der Waals surface area contributed by atoms with E-state index in [2.05, 4.69) is 9.44 Å². The average Bonchev–Trinajstić information content (AvgIpc) is 2.56. The van der Waals surface area contributed by atoms with Crippen molar-refractivity contribution >= 4 is 15.8 Å². The number of nitriles is 1. The van der Waals surface area contributed by atoms with E-state index in [9.17, 15) is 8.42 Å². The minimum atomic E-state index is -4.08. The number of aliphatic hydroxyl groups is 1.